The van der Waals surface area contributed by atoms with Gasteiger partial charge in [-0.15, -0.1) is 0 Å². The third-order valence-electron chi connectivity index (χ3n) is 5.91. The lowest BCUT2D eigenvalue weighted by Gasteiger charge is -2.27. The minimum atomic E-state index is 0.588. The summed E-state index contributed by atoms with van der Waals surface area (Å²) in [7, 11) is 6.01. The fraction of sp³-hybridized carbons (Fsp3) is 0.333. The van der Waals surface area contributed by atoms with Gasteiger partial charge in [-0.25, -0.2) is 0 Å². The number of benzene rings is 3. The van der Waals surface area contributed by atoms with Crippen molar-refractivity contribution in [1.82, 2.24) is 4.90 Å². The first-order chi connectivity index (χ1) is 14.6. The minimum Gasteiger partial charge on any atom is -0.497 e. The zero-order chi connectivity index (χ0) is 20.9. The lowest BCUT2D eigenvalue weighted by molar-refractivity contribution is 0.297. The Labute approximate surface area is 180 Å². The highest BCUT2D eigenvalue weighted by atomic mass is 16.5. The maximum Gasteiger partial charge on any atom is 0.120 e. The number of methoxy groups -OCH3 is 1. The van der Waals surface area contributed by atoms with E-state index in [4.69, 9.17) is 9.47 Å². The van der Waals surface area contributed by atoms with E-state index >= 15 is 0 Å². The summed E-state index contributed by atoms with van der Waals surface area (Å²) >= 11 is 0. The second kappa shape index (κ2) is 9.36. The highest BCUT2D eigenvalue weighted by molar-refractivity contribution is 5.64. The monoisotopic (exact) mass is 401 g/mol. The first-order valence-electron chi connectivity index (χ1n) is 10.7. The molecule has 0 N–H and O–H groups in total. The van der Waals surface area contributed by atoms with Crippen LogP contribution in [0.5, 0.6) is 11.5 Å². The smallest absolute Gasteiger partial charge is 0.120 e. The third kappa shape index (κ3) is 5.03. The van der Waals surface area contributed by atoms with E-state index in [1.165, 1.54) is 47.2 Å². The third-order valence-corrected chi connectivity index (χ3v) is 5.91. The molecule has 1 aliphatic rings. The van der Waals surface area contributed by atoms with Crippen LogP contribution in [0.15, 0.2) is 66.7 Å². The maximum absolute atomic E-state index is 6.10. The molecule has 1 atom stereocenters. The highest BCUT2D eigenvalue weighted by Gasteiger charge is 2.19. The second-order valence-corrected chi connectivity index (χ2v) is 8.52. The Bertz CT molecular complexity index is 961. The normalized spacial score (nSPS) is 15.7. The summed E-state index contributed by atoms with van der Waals surface area (Å²) in [6.07, 6.45) is 3.60. The lowest BCUT2D eigenvalue weighted by Crippen LogP contribution is -2.26. The van der Waals surface area contributed by atoms with E-state index in [1.807, 2.05) is 12.1 Å². The molecule has 0 spiro atoms. The molecule has 3 aromatic carbocycles. The van der Waals surface area contributed by atoms with Crippen molar-refractivity contribution in [3.05, 3.63) is 83.4 Å². The van der Waals surface area contributed by atoms with Crippen LogP contribution in [0, 0.1) is 5.92 Å². The van der Waals surface area contributed by atoms with Crippen molar-refractivity contribution < 1.29 is 9.47 Å². The lowest BCUT2D eigenvalue weighted by atomic mass is 9.83. The van der Waals surface area contributed by atoms with Gasteiger partial charge in [0.1, 0.15) is 18.1 Å². The van der Waals surface area contributed by atoms with E-state index in [2.05, 4.69) is 73.6 Å². The summed E-state index contributed by atoms with van der Waals surface area (Å²) in [6.45, 7) is 1.76. The first-order valence-corrected chi connectivity index (χ1v) is 10.7. The van der Waals surface area contributed by atoms with Crippen LogP contribution in [0.2, 0.25) is 0 Å². The molecule has 156 valence electrons. The van der Waals surface area contributed by atoms with Crippen LogP contribution in [-0.2, 0) is 19.4 Å². The van der Waals surface area contributed by atoms with Crippen LogP contribution < -0.4 is 9.47 Å². The van der Waals surface area contributed by atoms with Gasteiger partial charge in [0.2, 0.25) is 0 Å². The molecular weight excluding hydrogens is 370 g/mol. The molecule has 0 aromatic heterocycles. The number of fused-ring (bicyclic) bond motifs is 1. The fourth-order valence-electron chi connectivity index (χ4n) is 4.31. The van der Waals surface area contributed by atoms with Crippen molar-refractivity contribution in [3.63, 3.8) is 0 Å². The van der Waals surface area contributed by atoms with Gasteiger partial charge in [-0.3, -0.25) is 0 Å². The largest absolute Gasteiger partial charge is 0.497 e. The Morgan fingerprint density at radius 2 is 1.50 bits per heavy atom. The summed E-state index contributed by atoms with van der Waals surface area (Å²) in [5, 5.41) is 0. The van der Waals surface area contributed by atoms with Gasteiger partial charge in [0.15, 0.2) is 0 Å². The van der Waals surface area contributed by atoms with Gasteiger partial charge >= 0.3 is 0 Å². The fourth-order valence-corrected chi connectivity index (χ4v) is 4.31. The van der Waals surface area contributed by atoms with E-state index in [9.17, 15) is 0 Å². The Morgan fingerprint density at radius 3 is 2.17 bits per heavy atom. The summed E-state index contributed by atoms with van der Waals surface area (Å²) in [5.74, 6) is 2.62. The number of hydrogen-bond donors (Lipinski definition) is 0. The molecule has 0 saturated carbocycles. The van der Waals surface area contributed by atoms with Crippen LogP contribution in [-0.4, -0.2) is 32.6 Å². The summed E-state index contributed by atoms with van der Waals surface area (Å²) in [5.41, 5.74) is 6.51. The van der Waals surface area contributed by atoms with Gasteiger partial charge in [0.05, 0.1) is 7.11 Å². The zero-order valence-electron chi connectivity index (χ0n) is 18.2. The Morgan fingerprint density at radius 1 is 0.833 bits per heavy atom. The van der Waals surface area contributed by atoms with Crippen LogP contribution in [0.1, 0.15) is 23.1 Å². The molecule has 4 rings (SSSR count). The Balaban J connectivity index is 1.36. The molecule has 1 unspecified atom stereocenters. The molecule has 3 nitrogen and oxygen atoms in total. The minimum absolute atomic E-state index is 0.588. The average molecular weight is 402 g/mol. The molecular formula is C27H31NO2. The van der Waals surface area contributed by atoms with E-state index in [0.29, 0.717) is 6.61 Å². The molecule has 0 amide bonds. The highest BCUT2D eigenvalue weighted by Crippen LogP contribution is 2.29. The molecule has 0 heterocycles. The van der Waals surface area contributed by atoms with Crippen LogP contribution in [0.3, 0.4) is 0 Å². The average Bonchev–Trinajstić information content (AvgIpc) is 2.77. The number of hydrogen-bond acceptors (Lipinski definition) is 3. The van der Waals surface area contributed by atoms with Crippen molar-refractivity contribution in [1.29, 1.82) is 0 Å². The van der Waals surface area contributed by atoms with Gasteiger partial charge < -0.3 is 14.4 Å². The number of aryl methyl sites for hydroxylation is 1. The van der Waals surface area contributed by atoms with Crippen LogP contribution in [0.25, 0.3) is 11.1 Å². The van der Waals surface area contributed by atoms with Crippen LogP contribution in [0.4, 0.5) is 0 Å². The molecule has 0 saturated heterocycles. The first kappa shape index (κ1) is 20.5. The molecule has 1 aliphatic carbocycles. The molecule has 30 heavy (non-hydrogen) atoms. The van der Waals surface area contributed by atoms with Gasteiger partial charge in [0, 0.05) is 6.54 Å². The van der Waals surface area contributed by atoms with E-state index < -0.39 is 0 Å². The predicted molar refractivity (Wildman–Crippen MR) is 123 cm³/mol. The summed E-state index contributed by atoms with van der Waals surface area (Å²) in [4.78, 5) is 2.30. The van der Waals surface area contributed by atoms with Gasteiger partial charge in [-0.2, -0.15) is 0 Å². The van der Waals surface area contributed by atoms with Gasteiger partial charge in [-0.1, -0.05) is 42.5 Å². The Kier molecular flexibility index (Phi) is 6.39. The maximum atomic E-state index is 6.10. The van der Waals surface area contributed by atoms with Crippen molar-refractivity contribution >= 4 is 0 Å². The van der Waals surface area contributed by atoms with Crippen molar-refractivity contribution in [3.8, 4) is 22.6 Å². The van der Waals surface area contributed by atoms with Crippen molar-refractivity contribution in [2.45, 2.75) is 25.9 Å². The van der Waals surface area contributed by atoms with Crippen LogP contribution >= 0.6 is 0 Å². The number of ether oxygens (including phenoxy) is 2. The molecule has 3 aromatic rings. The second-order valence-electron chi connectivity index (χ2n) is 8.52. The van der Waals surface area contributed by atoms with Crippen molar-refractivity contribution in [2.24, 2.45) is 5.92 Å². The molecule has 3 heteroatoms. The summed E-state index contributed by atoms with van der Waals surface area (Å²) < 4.78 is 11.3. The number of rotatable bonds is 7. The Hall–Kier alpha value is -2.78. The molecule has 0 aliphatic heterocycles. The zero-order valence-corrected chi connectivity index (χ0v) is 18.2. The molecule has 0 fully saturated rings. The quantitative estimate of drug-likeness (QED) is 0.514. The molecule has 0 bridgehead atoms. The topological polar surface area (TPSA) is 21.7 Å². The standard InChI is InChI=1S/C27H31NO2/c1-28(2)18-21-6-9-25-17-27(15-12-24(25)16-21)30-19-20-4-7-22(8-5-20)23-10-13-26(29-3)14-11-23/h4-5,7-8,10-15,17,21H,6,9,16,18-19H2,1-3H3. The predicted octanol–water partition coefficient (Wildman–Crippen LogP) is 5.61. The van der Waals surface area contributed by atoms with E-state index in [0.717, 1.165) is 23.8 Å². The SMILES string of the molecule is COc1ccc(-c2ccc(COc3ccc4c(c3)CCC(CN(C)C)C4)cc2)cc1. The van der Waals surface area contributed by atoms with Crippen molar-refractivity contribution in [2.75, 3.05) is 27.7 Å². The number of nitrogens with zero attached hydrogens (tertiary/aromatic N) is 1. The van der Waals surface area contributed by atoms with Gasteiger partial charge in [-0.05, 0) is 91.4 Å². The molecule has 0 radical (unpaired) electrons. The summed E-state index contributed by atoms with van der Waals surface area (Å²) in [6, 6.07) is 23.4. The van der Waals surface area contributed by atoms with Gasteiger partial charge in [0.25, 0.3) is 0 Å². The van der Waals surface area contributed by atoms with E-state index in [1.54, 1.807) is 7.11 Å². The van der Waals surface area contributed by atoms with E-state index in [-0.39, 0.29) is 0 Å².